The lowest BCUT2D eigenvalue weighted by Gasteiger charge is -2.12. The fourth-order valence-corrected chi connectivity index (χ4v) is 0.393. The third-order valence-corrected chi connectivity index (χ3v) is 0.886. The molecule has 0 spiro atoms. The number of hydrogen-bond donors (Lipinski definition) is 0. The molecule has 52 valence electrons. The highest BCUT2D eigenvalue weighted by Crippen LogP contribution is 1.89. The predicted molar refractivity (Wildman–Crippen MR) is 34.3 cm³/mol. The van der Waals surface area contributed by atoms with Crippen molar-refractivity contribution < 1.29 is 9.63 Å². The highest BCUT2D eigenvalue weighted by Gasteiger charge is 2.02. The van der Waals surface area contributed by atoms with Crippen LogP contribution in [-0.2, 0) is 9.63 Å². The number of hydrogen-bond acceptors (Lipinski definition) is 2. The first kappa shape index (κ1) is 8.01. The van der Waals surface area contributed by atoms with E-state index in [1.54, 1.807) is 14.0 Å². The van der Waals surface area contributed by atoms with Crippen LogP contribution in [-0.4, -0.2) is 18.0 Å². The molecule has 0 bridgehead atoms. The maximum absolute atomic E-state index is 10.7. The van der Waals surface area contributed by atoms with Crippen LogP contribution in [0.15, 0.2) is 12.8 Å². The standard InChI is InChI=1S/C6H11NO2/c1-4-6(8)7(3)9-5-2/h5H,2,4H2,1,3H3. The zero-order valence-electron chi connectivity index (χ0n) is 5.76. The van der Waals surface area contributed by atoms with E-state index in [0.29, 0.717) is 6.42 Å². The molecule has 0 heterocycles. The third-order valence-electron chi connectivity index (χ3n) is 0.886. The van der Waals surface area contributed by atoms with Crippen molar-refractivity contribution in [3.05, 3.63) is 12.8 Å². The van der Waals surface area contributed by atoms with Gasteiger partial charge in [0, 0.05) is 13.5 Å². The molecule has 3 heteroatoms. The van der Waals surface area contributed by atoms with Crippen molar-refractivity contribution in [2.45, 2.75) is 13.3 Å². The van der Waals surface area contributed by atoms with Crippen LogP contribution in [0, 0.1) is 0 Å². The van der Waals surface area contributed by atoms with E-state index in [2.05, 4.69) is 11.4 Å². The molecule has 0 fully saturated rings. The molecule has 0 aromatic rings. The van der Waals surface area contributed by atoms with Gasteiger partial charge in [-0.1, -0.05) is 13.5 Å². The Hall–Kier alpha value is -0.990. The molecule has 0 aromatic heterocycles. The second-order valence-electron chi connectivity index (χ2n) is 1.52. The van der Waals surface area contributed by atoms with E-state index < -0.39 is 0 Å². The SMILES string of the molecule is C=CON(C)C(=O)CC. The van der Waals surface area contributed by atoms with Crippen molar-refractivity contribution in [2.24, 2.45) is 0 Å². The molecule has 0 unspecified atom stereocenters. The molecule has 3 nitrogen and oxygen atoms in total. The highest BCUT2D eigenvalue weighted by molar-refractivity contribution is 5.74. The summed E-state index contributed by atoms with van der Waals surface area (Å²) in [5.74, 6) is -0.0603. The van der Waals surface area contributed by atoms with Crippen molar-refractivity contribution >= 4 is 5.91 Å². The third kappa shape index (κ3) is 2.74. The summed E-state index contributed by atoms with van der Waals surface area (Å²) in [6.45, 7) is 5.07. The highest BCUT2D eigenvalue weighted by atomic mass is 16.7. The Kier molecular flexibility index (Phi) is 3.51. The van der Waals surface area contributed by atoms with Gasteiger partial charge in [-0.15, -0.1) is 0 Å². The molecule has 0 N–H and O–H groups in total. The number of amides is 1. The second-order valence-corrected chi connectivity index (χ2v) is 1.52. The van der Waals surface area contributed by atoms with Crippen molar-refractivity contribution in [1.29, 1.82) is 0 Å². The van der Waals surface area contributed by atoms with Crippen LogP contribution in [0.5, 0.6) is 0 Å². The molecule has 1 amide bonds. The van der Waals surface area contributed by atoms with Gasteiger partial charge in [-0.05, 0) is 0 Å². The summed E-state index contributed by atoms with van der Waals surface area (Å²) in [4.78, 5) is 15.3. The maximum Gasteiger partial charge on any atom is 0.254 e. The van der Waals surface area contributed by atoms with Crippen molar-refractivity contribution in [3.63, 3.8) is 0 Å². The molecule has 0 aliphatic carbocycles. The molecular formula is C6H11NO2. The van der Waals surface area contributed by atoms with Crippen LogP contribution >= 0.6 is 0 Å². The zero-order valence-corrected chi connectivity index (χ0v) is 5.76. The van der Waals surface area contributed by atoms with Gasteiger partial charge < -0.3 is 4.84 Å². The van der Waals surface area contributed by atoms with E-state index in [4.69, 9.17) is 0 Å². The first-order valence-corrected chi connectivity index (χ1v) is 2.76. The summed E-state index contributed by atoms with van der Waals surface area (Å²) >= 11 is 0. The number of carbonyl (C=O) groups is 1. The lowest BCUT2D eigenvalue weighted by Crippen LogP contribution is -2.23. The fourth-order valence-electron chi connectivity index (χ4n) is 0.393. The van der Waals surface area contributed by atoms with E-state index in [0.717, 1.165) is 5.06 Å². The minimum absolute atomic E-state index is 0.0603. The van der Waals surface area contributed by atoms with Crippen LogP contribution in [0.2, 0.25) is 0 Å². The maximum atomic E-state index is 10.7. The summed E-state index contributed by atoms with van der Waals surface area (Å²) < 4.78 is 0. The Balaban J connectivity index is 3.58. The monoisotopic (exact) mass is 129 g/mol. The molecular weight excluding hydrogens is 118 g/mol. The Morgan fingerprint density at radius 2 is 2.44 bits per heavy atom. The minimum Gasteiger partial charge on any atom is -0.386 e. The summed E-state index contributed by atoms with van der Waals surface area (Å²) in [6.07, 6.45) is 1.66. The normalized spacial score (nSPS) is 8.22. The van der Waals surface area contributed by atoms with Gasteiger partial charge in [-0.3, -0.25) is 4.79 Å². The van der Waals surface area contributed by atoms with E-state index in [1.165, 1.54) is 6.26 Å². The second kappa shape index (κ2) is 3.95. The average molecular weight is 129 g/mol. The van der Waals surface area contributed by atoms with Crippen LogP contribution < -0.4 is 0 Å². The van der Waals surface area contributed by atoms with Gasteiger partial charge >= 0.3 is 0 Å². The molecule has 0 atom stereocenters. The van der Waals surface area contributed by atoms with Crippen molar-refractivity contribution in [3.8, 4) is 0 Å². The topological polar surface area (TPSA) is 29.5 Å². The van der Waals surface area contributed by atoms with E-state index >= 15 is 0 Å². The summed E-state index contributed by atoms with van der Waals surface area (Å²) in [6, 6.07) is 0. The van der Waals surface area contributed by atoms with Gasteiger partial charge in [0.15, 0.2) is 0 Å². The van der Waals surface area contributed by atoms with E-state index in [9.17, 15) is 4.79 Å². The lowest BCUT2D eigenvalue weighted by atomic mass is 10.5. The molecule has 0 aliphatic rings. The fraction of sp³-hybridized carbons (Fsp3) is 0.500. The van der Waals surface area contributed by atoms with Gasteiger partial charge in [0.2, 0.25) is 0 Å². The Labute approximate surface area is 54.9 Å². The average Bonchev–Trinajstić information content (AvgIpc) is 1.87. The largest absolute Gasteiger partial charge is 0.386 e. The quantitative estimate of drug-likeness (QED) is 0.419. The number of hydroxylamine groups is 2. The van der Waals surface area contributed by atoms with Gasteiger partial charge in [-0.2, -0.15) is 5.06 Å². The number of carbonyl (C=O) groups excluding carboxylic acids is 1. The molecule has 0 rings (SSSR count). The number of rotatable bonds is 3. The molecule has 9 heavy (non-hydrogen) atoms. The minimum atomic E-state index is -0.0603. The number of nitrogens with zero attached hydrogens (tertiary/aromatic N) is 1. The van der Waals surface area contributed by atoms with Crippen LogP contribution in [0.3, 0.4) is 0 Å². The Morgan fingerprint density at radius 3 is 2.78 bits per heavy atom. The molecule has 0 radical (unpaired) electrons. The first-order valence-electron chi connectivity index (χ1n) is 2.76. The lowest BCUT2D eigenvalue weighted by molar-refractivity contribution is -0.160. The smallest absolute Gasteiger partial charge is 0.254 e. The molecule has 0 saturated heterocycles. The van der Waals surface area contributed by atoms with Crippen LogP contribution in [0.4, 0.5) is 0 Å². The molecule has 0 aliphatic heterocycles. The van der Waals surface area contributed by atoms with Gasteiger partial charge in [-0.25, -0.2) is 0 Å². The Morgan fingerprint density at radius 1 is 1.89 bits per heavy atom. The summed E-state index contributed by atoms with van der Waals surface area (Å²) in [5.41, 5.74) is 0. The Bertz CT molecular complexity index is 112. The van der Waals surface area contributed by atoms with Gasteiger partial charge in [0.1, 0.15) is 6.26 Å². The predicted octanol–water partition coefficient (Wildman–Crippen LogP) is 0.930. The zero-order chi connectivity index (χ0) is 7.28. The van der Waals surface area contributed by atoms with Crippen molar-refractivity contribution in [2.75, 3.05) is 7.05 Å². The summed E-state index contributed by atoms with van der Waals surface area (Å²) in [7, 11) is 1.55. The molecule has 0 saturated carbocycles. The van der Waals surface area contributed by atoms with Crippen molar-refractivity contribution in [1.82, 2.24) is 5.06 Å². The van der Waals surface area contributed by atoms with Gasteiger partial charge in [0.05, 0.1) is 0 Å². The van der Waals surface area contributed by atoms with Gasteiger partial charge in [0.25, 0.3) is 5.91 Å². The van der Waals surface area contributed by atoms with E-state index in [1.807, 2.05) is 0 Å². The first-order chi connectivity index (χ1) is 4.22. The van der Waals surface area contributed by atoms with Crippen LogP contribution in [0.25, 0.3) is 0 Å². The van der Waals surface area contributed by atoms with E-state index in [-0.39, 0.29) is 5.91 Å². The van der Waals surface area contributed by atoms with Crippen LogP contribution in [0.1, 0.15) is 13.3 Å². The molecule has 0 aromatic carbocycles. The summed E-state index contributed by atoms with van der Waals surface area (Å²) in [5, 5.41) is 1.15.